The minimum Gasteiger partial charge on any atom is -0.388 e. The van der Waals surface area contributed by atoms with Crippen molar-refractivity contribution < 1.29 is 0 Å². The van der Waals surface area contributed by atoms with Gasteiger partial charge in [-0.05, 0) is 24.5 Å². The highest BCUT2D eigenvalue weighted by atomic mass is 14.8. The molecule has 76 valence electrons. The predicted octanol–water partition coefficient (Wildman–Crippen LogP) is 3.06. The lowest BCUT2D eigenvalue weighted by Crippen LogP contribution is -2.10. The summed E-state index contributed by atoms with van der Waals surface area (Å²) >= 11 is 0. The van der Waals surface area contributed by atoms with Crippen LogP contribution in [-0.4, -0.2) is 12.8 Å². The molecule has 0 atom stereocenters. The van der Waals surface area contributed by atoms with Gasteiger partial charge in [0.25, 0.3) is 0 Å². The highest BCUT2D eigenvalue weighted by Crippen LogP contribution is 2.20. The summed E-state index contributed by atoms with van der Waals surface area (Å²) in [6.45, 7) is 6.15. The Bertz CT molecular complexity index is 340. The molecule has 0 bridgehead atoms. The number of anilines is 1. The lowest BCUT2D eigenvalue weighted by molar-refractivity contribution is 0.878. The first-order chi connectivity index (χ1) is 6.56. The third-order valence-electron chi connectivity index (χ3n) is 2.31. The maximum atomic E-state index is 7.96. The molecule has 0 saturated carbocycles. The first-order valence-corrected chi connectivity index (χ1v) is 4.93. The van der Waals surface area contributed by atoms with Gasteiger partial charge < -0.3 is 10.7 Å². The molecule has 0 fully saturated rings. The Morgan fingerprint density at radius 3 is 2.50 bits per heavy atom. The van der Waals surface area contributed by atoms with Gasteiger partial charge in [0.15, 0.2) is 0 Å². The molecule has 0 aliphatic rings. The van der Waals surface area contributed by atoms with Crippen LogP contribution in [0, 0.1) is 18.3 Å². The van der Waals surface area contributed by atoms with Gasteiger partial charge >= 0.3 is 0 Å². The van der Waals surface area contributed by atoms with E-state index in [1.807, 2.05) is 33.0 Å². The summed E-state index contributed by atoms with van der Waals surface area (Å²) in [4.78, 5) is 0. The first kappa shape index (κ1) is 10.8. The number of hydrogen-bond donors (Lipinski definition) is 2. The van der Waals surface area contributed by atoms with E-state index in [4.69, 9.17) is 5.41 Å². The highest BCUT2D eigenvalue weighted by molar-refractivity contribution is 6.04. The molecule has 0 aromatic heterocycles. The van der Waals surface area contributed by atoms with E-state index in [0.717, 1.165) is 11.3 Å². The second-order valence-corrected chi connectivity index (χ2v) is 3.87. The quantitative estimate of drug-likeness (QED) is 0.706. The van der Waals surface area contributed by atoms with Gasteiger partial charge in [0.2, 0.25) is 0 Å². The van der Waals surface area contributed by atoms with Gasteiger partial charge in [-0.3, -0.25) is 0 Å². The van der Waals surface area contributed by atoms with Gasteiger partial charge in [-0.2, -0.15) is 0 Å². The average molecular weight is 190 g/mol. The van der Waals surface area contributed by atoms with Crippen LogP contribution >= 0.6 is 0 Å². The summed E-state index contributed by atoms with van der Waals surface area (Å²) in [5.41, 5.74) is 3.96. The van der Waals surface area contributed by atoms with Crippen molar-refractivity contribution in [3.63, 3.8) is 0 Å². The minimum absolute atomic E-state index is 0.268. The lowest BCUT2D eigenvalue weighted by atomic mass is 9.97. The molecule has 2 nitrogen and oxygen atoms in total. The zero-order chi connectivity index (χ0) is 10.7. The third kappa shape index (κ3) is 2.13. The molecule has 14 heavy (non-hydrogen) atoms. The van der Waals surface area contributed by atoms with Crippen LogP contribution in [0.3, 0.4) is 0 Å². The van der Waals surface area contributed by atoms with Crippen molar-refractivity contribution in [1.82, 2.24) is 0 Å². The van der Waals surface area contributed by atoms with Crippen molar-refractivity contribution in [3.8, 4) is 0 Å². The van der Waals surface area contributed by atoms with Crippen molar-refractivity contribution in [1.29, 1.82) is 5.41 Å². The second kappa shape index (κ2) is 4.27. The molecule has 0 aliphatic heterocycles. The summed E-state index contributed by atoms with van der Waals surface area (Å²) < 4.78 is 0. The number of rotatable bonds is 3. The van der Waals surface area contributed by atoms with Crippen LogP contribution in [0.4, 0.5) is 5.69 Å². The Hall–Kier alpha value is -1.31. The predicted molar refractivity (Wildman–Crippen MR) is 62.4 cm³/mol. The Morgan fingerprint density at radius 2 is 2.00 bits per heavy atom. The molecule has 0 heterocycles. The van der Waals surface area contributed by atoms with E-state index in [9.17, 15) is 0 Å². The maximum Gasteiger partial charge on any atom is 0.0432 e. The van der Waals surface area contributed by atoms with E-state index in [2.05, 4.69) is 18.3 Å². The smallest absolute Gasteiger partial charge is 0.0432 e. The summed E-state index contributed by atoms with van der Waals surface area (Å²) in [6.07, 6.45) is 0. The van der Waals surface area contributed by atoms with E-state index >= 15 is 0 Å². The average Bonchev–Trinajstić information content (AvgIpc) is 2.16. The molecule has 0 unspecified atom stereocenters. The number of nitrogens with one attached hydrogen (secondary N) is 2. The van der Waals surface area contributed by atoms with Gasteiger partial charge in [0.1, 0.15) is 0 Å². The van der Waals surface area contributed by atoms with Gasteiger partial charge in [0.05, 0.1) is 0 Å². The summed E-state index contributed by atoms with van der Waals surface area (Å²) in [5, 5.41) is 11.1. The Kier molecular flexibility index (Phi) is 3.28. The fourth-order valence-corrected chi connectivity index (χ4v) is 1.41. The fourth-order valence-electron chi connectivity index (χ4n) is 1.41. The number of aryl methyl sites for hydroxylation is 1. The molecule has 0 saturated heterocycles. The molecule has 0 aliphatic carbocycles. The van der Waals surface area contributed by atoms with Gasteiger partial charge in [0, 0.05) is 24.0 Å². The molecular weight excluding hydrogens is 172 g/mol. The molecule has 1 aromatic rings. The molecule has 0 amide bonds. The van der Waals surface area contributed by atoms with Crippen LogP contribution < -0.4 is 5.32 Å². The van der Waals surface area contributed by atoms with Crippen LogP contribution in [0.25, 0.3) is 0 Å². The van der Waals surface area contributed by atoms with Gasteiger partial charge in [-0.15, -0.1) is 0 Å². The minimum atomic E-state index is 0.268. The Morgan fingerprint density at radius 1 is 1.36 bits per heavy atom. The van der Waals surface area contributed by atoms with Crippen molar-refractivity contribution >= 4 is 11.4 Å². The van der Waals surface area contributed by atoms with Gasteiger partial charge in [-0.1, -0.05) is 26.0 Å². The van der Waals surface area contributed by atoms with Crippen LogP contribution in [0.1, 0.15) is 25.0 Å². The first-order valence-electron chi connectivity index (χ1n) is 4.93. The van der Waals surface area contributed by atoms with Gasteiger partial charge in [-0.25, -0.2) is 0 Å². The SMILES string of the molecule is CNc1cc(C)ccc1C(=N)C(C)C. The lowest BCUT2D eigenvalue weighted by Gasteiger charge is -2.13. The standard InChI is InChI=1S/C12H18N2/c1-8(2)12(13)10-6-5-9(3)7-11(10)14-4/h5-8,13-14H,1-4H3. The largest absolute Gasteiger partial charge is 0.388 e. The molecule has 1 rings (SSSR count). The van der Waals surface area contributed by atoms with Crippen molar-refractivity contribution in [2.24, 2.45) is 5.92 Å². The van der Waals surface area contributed by atoms with E-state index < -0.39 is 0 Å². The third-order valence-corrected chi connectivity index (χ3v) is 2.31. The molecule has 0 radical (unpaired) electrons. The number of hydrogen-bond acceptors (Lipinski definition) is 2. The molecular formula is C12H18N2. The molecule has 0 spiro atoms. The van der Waals surface area contributed by atoms with Crippen molar-refractivity contribution in [3.05, 3.63) is 29.3 Å². The van der Waals surface area contributed by atoms with Crippen molar-refractivity contribution in [2.75, 3.05) is 12.4 Å². The van der Waals surface area contributed by atoms with E-state index in [1.54, 1.807) is 0 Å². The zero-order valence-corrected chi connectivity index (χ0v) is 9.31. The van der Waals surface area contributed by atoms with Crippen LogP contribution in [0.15, 0.2) is 18.2 Å². The van der Waals surface area contributed by atoms with Crippen LogP contribution in [0.5, 0.6) is 0 Å². The monoisotopic (exact) mass is 190 g/mol. The summed E-state index contributed by atoms with van der Waals surface area (Å²) in [6, 6.07) is 6.14. The topological polar surface area (TPSA) is 35.9 Å². The van der Waals surface area contributed by atoms with E-state index in [-0.39, 0.29) is 5.92 Å². The maximum absolute atomic E-state index is 7.96. The molecule has 2 heteroatoms. The summed E-state index contributed by atoms with van der Waals surface area (Å²) in [5.74, 6) is 0.268. The normalized spacial score (nSPS) is 10.4. The van der Waals surface area contributed by atoms with Crippen molar-refractivity contribution in [2.45, 2.75) is 20.8 Å². The molecule has 2 N–H and O–H groups in total. The zero-order valence-electron chi connectivity index (χ0n) is 9.31. The Balaban J connectivity index is 3.14. The molecule has 1 aromatic carbocycles. The fraction of sp³-hybridized carbons (Fsp3) is 0.417. The van der Waals surface area contributed by atoms with Crippen LogP contribution in [-0.2, 0) is 0 Å². The second-order valence-electron chi connectivity index (χ2n) is 3.87. The summed E-state index contributed by atoms with van der Waals surface area (Å²) in [7, 11) is 1.89. The number of benzene rings is 1. The van der Waals surface area contributed by atoms with Crippen LogP contribution in [0.2, 0.25) is 0 Å². The Labute approximate surface area is 85.9 Å². The van der Waals surface area contributed by atoms with E-state index in [0.29, 0.717) is 5.71 Å². The highest BCUT2D eigenvalue weighted by Gasteiger charge is 2.09. The van der Waals surface area contributed by atoms with E-state index in [1.165, 1.54) is 5.56 Å².